The maximum absolute atomic E-state index is 12.2. The van der Waals surface area contributed by atoms with Gasteiger partial charge < -0.3 is 10.4 Å². The summed E-state index contributed by atoms with van der Waals surface area (Å²) in [6, 6.07) is 4.82. The summed E-state index contributed by atoms with van der Waals surface area (Å²) in [6.45, 7) is 4.30. The van der Waals surface area contributed by atoms with Crippen LogP contribution in [-0.2, 0) is 0 Å². The number of hydrogen-bond acceptors (Lipinski definition) is 5. The Morgan fingerprint density at radius 2 is 2.25 bits per heavy atom. The molecule has 24 heavy (non-hydrogen) atoms. The lowest BCUT2D eigenvalue weighted by Gasteiger charge is -2.22. The van der Waals surface area contributed by atoms with Crippen LogP contribution in [0.15, 0.2) is 18.2 Å². The molecule has 132 valence electrons. The van der Waals surface area contributed by atoms with Crippen molar-refractivity contribution in [3.8, 4) is 0 Å². The highest BCUT2D eigenvalue weighted by molar-refractivity contribution is 5.96. The Morgan fingerprint density at radius 1 is 1.46 bits per heavy atom. The Bertz CT molecular complexity index is 591. The van der Waals surface area contributed by atoms with Crippen molar-refractivity contribution in [3.05, 3.63) is 39.4 Å². The van der Waals surface area contributed by atoms with Gasteiger partial charge in [0, 0.05) is 29.8 Å². The smallest absolute Gasteiger partial charge is 0.273 e. The molecule has 0 saturated carbocycles. The molecule has 2 rings (SSSR count). The average Bonchev–Trinajstić information content (AvgIpc) is 3.01. The number of aliphatic hydroxyl groups excluding tert-OH is 1. The molecule has 0 aromatic heterocycles. The topological polar surface area (TPSA) is 95.7 Å². The van der Waals surface area contributed by atoms with Crippen molar-refractivity contribution in [2.45, 2.75) is 38.6 Å². The number of carbonyl (C=O) groups excluding carboxylic acids is 1. The van der Waals surface area contributed by atoms with Gasteiger partial charge in [-0.1, -0.05) is 6.07 Å². The van der Waals surface area contributed by atoms with Gasteiger partial charge in [0.25, 0.3) is 11.6 Å². The van der Waals surface area contributed by atoms with E-state index in [2.05, 4.69) is 10.2 Å². The molecule has 2 N–H and O–H groups in total. The van der Waals surface area contributed by atoms with Crippen molar-refractivity contribution in [2.75, 3.05) is 26.2 Å². The number of unbranched alkanes of at least 4 members (excludes halogenated alkanes) is 1. The quantitative estimate of drug-likeness (QED) is 0.429. The van der Waals surface area contributed by atoms with E-state index in [4.69, 9.17) is 0 Å². The lowest BCUT2D eigenvalue weighted by atomic mass is 10.1. The number of aliphatic hydroxyl groups is 1. The molecular weight excluding hydrogens is 310 g/mol. The molecule has 1 atom stereocenters. The van der Waals surface area contributed by atoms with Crippen LogP contribution in [0.1, 0.15) is 41.6 Å². The minimum Gasteiger partial charge on any atom is -0.395 e. The lowest BCUT2D eigenvalue weighted by Crippen LogP contribution is -2.33. The summed E-state index contributed by atoms with van der Waals surface area (Å²) < 4.78 is 0. The van der Waals surface area contributed by atoms with E-state index in [1.807, 2.05) is 0 Å². The minimum absolute atomic E-state index is 0.0354. The Kier molecular flexibility index (Phi) is 6.69. The van der Waals surface area contributed by atoms with Crippen LogP contribution in [0.2, 0.25) is 0 Å². The van der Waals surface area contributed by atoms with Crippen LogP contribution >= 0.6 is 0 Å². The molecule has 1 aromatic rings. The summed E-state index contributed by atoms with van der Waals surface area (Å²) in [7, 11) is 0. The lowest BCUT2D eigenvalue weighted by molar-refractivity contribution is -0.385. The third-order valence-electron chi connectivity index (χ3n) is 4.61. The predicted octanol–water partition coefficient (Wildman–Crippen LogP) is 1.87. The molecule has 1 unspecified atom stereocenters. The fourth-order valence-electron chi connectivity index (χ4n) is 3.20. The van der Waals surface area contributed by atoms with Gasteiger partial charge in [-0.3, -0.25) is 19.8 Å². The fraction of sp³-hybridized carbons (Fsp3) is 0.588. The molecule has 0 spiro atoms. The van der Waals surface area contributed by atoms with Gasteiger partial charge in [-0.15, -0.1) is 0 Å². The summed E-state index contributed by atoms with van der Waals surface area (Å²) in [5.74, 6) is -0.273. The maximum Gasteiger partial charge on any atom is 0.273 e. The third-order valence-corrected chi connectivity index (χ3v) is 4.61. The van der Waals surface area contributed by atoms with E-state index in [0.717, 1.165) is 38.8 Å². The van der Waals surface area contributed by atoms with E-state index in [1.165, 1.54) is 12.1 Å². The molecule has 7 nitrogen and oxygen atoms in total. The maximum atomic E-state index is 12.2. The van der Waals surface area contributed by atoms with Crippen LogP contribution in [0, 0.1) is 17.0 Å². The van der Waals surface area contributed by atoms with Gasteiger partial charge in [0.1, 0.15) is 0 Å². The summed E-state index contributed by atoms with van der Waals surface area (Å²) in [5, 5.41) is 23.0. The first-order chi connectivity index (χ1) is 11.5. The van der Waals surface area contributed by atoms with Crippen LogP contribution < -0.4 is 5.32 Å². The van der Waals surface area contributed by atoms with Crippen molar-refractivity contribution in [1.82, 2.24) is 10.2 Å². The molecule has 1 saturated heterocycles. The monoisotopic (exact) mass is 335 g/mol. The number of likely N-dealkylation sites (tertiary alicyclic amines) is 1. The first kappa shape index (κ1) is 18.4. The molecule has 1 aliphatic heterocycles. The molecule has 1 aromatic carbocycles. The van der Waals surface area contributed by atoms with Gasteiger partial charge in [0.15, 0.2) is 0 Å². The van der Waals surface area contributed by atoms with E-state index in [-0.39, 0.29) is 24.2 Å². The van der Waals surface area contributed by atoms with E-state index >= 15 is 0 Å². The largest absolute Gasteiger partial charge is 0.395 e. The van der Waals surface area contributed by atoms with Gasteiger partial charge in [-0.05, 0) is 51.8 Å². The molecule has 0 bridgehead atoms. The molecule has 7 heteroatoms. The molecule has 1 amide bonds. The zero-order valence-electron chi connectivity index (χ0n) is 14.0. The molecule has 0 aliphatic carbocycles. The number of nitrogens with zero attached hydrogens (tertiary/aromatic N) is 2. The number of nitro benzene ring substituents is 1. The van der Waals surface area contributed by atoms with Gasteiger partial charge in [-0.2, -0.15) is 0 Å². The van der Waals surface area contributed by atoms with Crippen LogP contribution in [-0.4, -0.2) is 53.1 Å². The van der Waals surface area contributed by atoms with Crippen LogP contribution in [0.3, 0.4) is 0 Å². The summed E-state index contributed by atoms with van der Waals surface area (Å²) >= 11 is 0. The first-order valence-corrected chi connectivity index (χ1v) is 8.41. The number of carbonyl (C=O) groups is 1. The molecule has 1 fully saturated rings. The normalized spacial score (nSPS) is 17.8. The van der Waals surface area contributed by atoms with Gasteiger partial charge in [0.2, 0.25) is 0 Å². The summed E-state index contributed by atoms with van der Waals surface area (Å²) in [5.41, 5.74) is 0.707. The Balaban J connectivity index is 1.76. The minimum atomic E-state index is -0.472. The van der Waals surface area contributed by atoms with Gasteiger partial charge in [-0.25, -0.2) is 0 Å². The highest BCUT2D eigenvalue weighted by Gasteiger charge is 2.22. The van der Waals surface area contributed by atoms with Crippen LogP contribution in [0.25, 0.3) is 0 Å². The fourth-order valence-corrected chi connectivity index (χ4v) is 3.20. The highest BCUT2D eigenvalue weighted by atomic mass is 16.6. The van der Waals surface area contributed by atoms with Crippen molar-refractivity contribution >= 4 is 11.6 Å². The van der Waals surface area contributed by atoms with Gasteiger partial charge in [0.05, 0.1) is 11.5 Å². The second-order valence-corrected chi connectivity index (χ2v) is 6.18. The number of hydrogen-bond donors (Lipinski definition) is 2. The van der Waals surface area contributed by atoms with Gasteiger partial charge >= 0.3 is 0 Å². The number of rotatable bonds is 8. The van der Waals surface area contributed by atoms with Crippen LogP contribution in [0.5, 0.6) is 0 Å². The standard InChI is InChI=1S/C17H25N3O4/c1-13-15(7-4-8-16(13)20(23)24)17(22)18-9-2-3-10-19-11-5-6-14(19)12-21/h4,7-8,14,21H,2-3,5-6,9-12H2,1H3,(H,18,22). The summed E-state index contributed by atoms with van der Waals surface area (Å²) in [6.07, 6.45) is 3.98. The zero-order chi connectivity index (χ0) is 17.5. The van der Waals surface area contributed by atoms with Crippen molar-refractivity contribution in [2.24, 2.45) is 0 Å². The zero-order valence-corrected chi connectivity index (χ0v) is 14.0. The van der Waals surface area contributed by atoms with Crippen LogP contribution in [0.4, 0.5) is 5.69 Å². The third kappa shape index (κ3) is 4.52. The van der Waals surface area contributed by atoms with Crippen molar-refractivity contribution < 1.29 is 14.8 Å². The van der Waals surface area contributed by atoms with E-state index in [1.54, 1.807) is 13.0 Å². The second kappa shape index (κ2) is 8.75. The Morgan fingerprint density at radius 3 is 2.96 bits per heavy atom. The van der Waals surface area contributed by atoms with Crippen molar-refractivity contribution in [3.63, 3.8) is 0 Å². The number of nitro groups is 1. The molecule has 1 aliphatic rings. The average molecular weight is 335 g/mol. The van der Waals surface area contributed by atoms with E-state index in [0.29, 0.717) is 17.7 Å². The first-order valence-electron chi connectivity index (χ1n) is 8.41. The van der Waals surface area contributed by atoms with E-state index in [9.17, 15) is 20.0 Å². The predicted molar refractivity (Wildman–Crippen MR) is 91.1 cm³/mol. The summed E-state index contributed by atoms with van der Waals surface area (Å²) in [4.78, 5) is 24.9. The number of amides is 1. The Hall–Kier alpha value is -1.99. The molecular formula is C17H25N3O4. The van der Waals surface area contributed by atoms with E-state index < -0.39 is 4.92 Å². The second-order valence-electron chi connectivity index (χ2n) is 6.18. The number of nitrogens with one attached hydrogen (secondary N) is 1. The molecule has 1 heterocycles. The SMILES string of the molecule is Cc1c(C(=O)NCCCCN2CCCC2CO)cccc1[N+](=O)[O-]. The Labute approximate surface area is 141 Å². The number of benzene rings is 1. The van der Waals surface area contributed by atoms with Crippen molar-refractivity contribution in [1.29, 1.82) is 0 Å². The highest BCUT2D eigenvalue weighted by Crippen LogP contribution is 2.21. The molecule has 0 radical (unpaired) electrons.